The van der Waals surface area contributed by atoms with Crippen molar-refractivity contribution in [3.05, 3.63) is 45.9 Å². The summed E-state index contributed by atoms with van der Waals surface area (Å²) in [6.45, 7) is 0.349. The molecule has 2 aromatic carbocycles. The molecule has 0 aliphatic rings. The second-order valence-electron chi connectivity index (χ2n) is 4.15. The number of hydrogen-bond donors (Lipinski definition) is 2. The van der Waals surface area contributed by atoms with Gasteiger partial charge in [0.05, 0.1) is 22.4 Å². The van der Waals surface area contributed by atoms with E-state index >= 15 is 0 Å². The van der Waals surface area contributed by atoms with E-state index in [-0.39, 0.29) is 5.75 Å². The molecule has 2 N–H and O–H groups in total. The Morgan fingerprint density at radius 1 is 1.10 bits per heavy atom. The topological polar surface area (TPSA) is 58.0 Å². The van der Waals surface area contributed by atoms with Gasteiger partial charge in [0.1, 0.15) is 16.8 Å². The number of phenols is 1. The van der Waals surface area contributed by atoms with Crippen molar-refractivity contribution in [1.82, 2.24) is 8.75 Å². The molecule has 0 saturated heterocycles. The highest BCUT2D eigenvalue weighted by atomic mass is 35.5. The van der Waals surface area contributed by atoms with Crippen LogP contribution in [0.5, 0.6) is 5.75 Å². The number of nitrogens with zero attached hydrogens (tertiary/aromatic N) is 2. The van der Waals surface area contributed by atoms with Crippen LogP contribution >= 0.6 is 34.9 Å². The average Bonchev–Trinajstić information content (AvgIpc) is 2.88. The molecule has 0 aliphatic heterocycles. The molecule has 0 bridgehead atoms. The molecular weight excluding hydrogens is 317 g/mol. The van der Waals surface area contributed by atoms with E-state index in [0.717, 1.165) is 17.2 Å². The Balaban J connectivity index is 1.94. The van der Waals surface area contributed by atoms with Crippen molar-refractivity contribution in [3.8, 4) is 5.75 Å². The first-order valence-electron chi connectivity index (χ1n) is 5.78. The van der Waals surface area contributed by atoms with Crippen LogP contribution in [0.2, 0.25) is 10.0 Å². The largest absolute Gasteiger partial charge is 0.508 e. The van der Waals surface area contributed by atoms with Gasteiger partial charge in [0.15, 0.2) is 0 Å². The maximum Gasteiger partial charge on any atom is 0.129 e. The zero-order valence-corrected chi connectivity index (χ0v) is 12.4. The SMILES string of the molecule is Oc1cccc(Cl)c1CNc1c(Cl)ccc2nsnc12. The summed E-state index contributed by atoms with van der Waals surface area (Å²) < 4.78 is 8.39. The molecule has 102 valence electrons. The number of benzene rings is 2. The van der Waals surface area contributed by atoms with E-state index in [1.807, 2.05) is 6.07 Å². The molecule has 7 heteroatoms. The van der Waals surface area contributed by atoms with E-state index < -0.39 is 0 Å². The van der Waals surface area contributed by atoms with Gasteiger partial charge < -0.3 is 10.4 Å². The number of phenolic OH excluding ortho intramolecular Hbond substituents is 1. The van der Waals surface area contributed by atoms with Gasteiger partial charge in [0, 0.05) is 17.1 Å². The first kappa shape index (κ1) is 13.4. The summed E-state index contributed by atoms with van der Waals surface area (Å²) >= 11 is 13.4. The van der Waals surface area contributed by atoms with E-state index in [2.05, 4.69) is 14.1 Å². The maximum absolute atomic E-state index is 9.83. The van der Waals surface area contributed by atoms with E-state index in [1.165, 1.54) is 0 Å². The minimum absolute atomic E-state index is 0.143. The summed E-state index contributed by atoms with van der Waals surface area (Å²) in [5.41, 5.74) is 2.81. The van der Waals surface area contributed by atoms with Crippen LogP contribution in [0, 0.1) is 0 Å². The molecule has 0 aliphatic carbocycles. The van der Waals surface area contributed by atoms with Crippen LogP contribution in [0.25, 0.3) is 11.0 Å². The Labute approximate surface area is 129 Å². The summed E-state index contributed by atoms with van der Waals surface area (Å²) in [5, 5.41) is 14.0. The molecule has 0 radical (unpaired) electrons. The summed E-state index contributed by atoms with van der Waals surface area (Å²) in [6.07, 6.45) is 0. The van der Waals surface area contributed by atoms with Crippen LogP contribution in [-0.4, -0.2) is 13.9 Å². The Morgan fingerprint density at radius 3 is 2.75 bits per heavy atom. The third-order valence-corrected chi connectivity index (χ3v) is 4.12. The van der Waals surface area contributed by atoms with E-state index in [1.54, 1.807) is 24.3 Å². The Bertz CT molecular complexity index is 755. The lowest BCUT2D eigenvalue weighted by Gasteiger charge is -2.11. The molecule has 0 spiro atoms. The van der Waals surface area contributed by atoms with Crippen molar-refractivity contribution in [2.75, 3.05) is 5.32 Å². The van der Waals surface area contributed by atoms with Crippen molar-refractivity contribution in [1.29, 1.82) is 0 Å². The van der Waals surface area contributed by atoms with Gasteiger partial charge in [-0.2, -0.15) is 8.75 Å². The van der Waals surface area contributed by atoms with Crippen molar-refractivity contribution in [3.63, 3.8) is 0 Å². The van der Waals surface area contributed by atoms with Crippen molar-refractivity contribution in [2.45, 2.75) is 6.54 Å². The van der Waals surface area contributed by atoms with Gasteiger partial charge in [0.2, 0.25) is 0 Å². The number of aromatic nitrogens is 2. The number of aromatic hydroxyl groups is 1. The molecule has 20 heavy (non-hydrogen) atoms. The highest BCUT2D eigenvalue weighted by molar-refractivity contribution is 7.00. The monoisotopic (exact) mass is 325 g/mol. The zero-order valence-electron chi connectivity index (χ0n) is 10.1. The van der Waals surface area contributed by atoms with Crippen molar-refractivity contribution in [2.24, 2.45) is 0 Å². The third kappa shape index (κ3) is 2.40. The van der Waals surface area contributed by atoms with E-state index in [9.17, 15) is 5.11 Å². The molecule has 0 saturated carbocycles. The highest BCUT2D eigenvalue weighted by Gasteiger charge is 2.11. The summed E-state index contributed by atoms with van der Waals surface area (Å²) in [6, 6.07) is 8.60. The summed E-state index contributed by atoms with van der Waals surface area (Å²) in [7, 11) is 0. The average molecular weight is 326 g/mol. The molecule has 3 aromatic rings. The molecule has 1 heterocycles. The number of halogens is 2. The van der Waals surface area contributed by atoms with Gasteiger partial charge >= 0.3 is 0 Å². The van der Waals surface area contributed by atoms with E-state index in [4.69, 9.17) is 23.2 Å². The van der Waals surface area contributed by atoms with Crippen molar-refractivity contribution < 1.29 is 5.11 Å². The first-order chi connectivity index (χ1) is 9.66. The maximum atomic E-state index is 9.83. The number of anilines is 1. The Kier molecular flexibility index (Phi) is 3.65. The fourth-order valence-electron chi connectivity index (χ4n) is 1.89. The molecule has 0 amide bonds. The van der Waals surface area contributed by atoms with Crippen LogP contribution in [-0.2, 0) is 6.54 Å². The predicted octanol–water partition coefficient (Wildman–Crippen LogP) is 4.32. The van der Waals surface area contributed by atoms with Gasteiger partial charge in [-0.1, -0.05) is 29.3 Å². The second kappa shape index (κ2) is 5.44. The van der Waals surface area contributed by atoms with Crippen LogP contribution in [0.4, 0.5) is 5.69 Å². The first-order valence-corrected chi connectivity index (χ1v) is 7.26. The Morgan fingerprint density at radius 2 is 1.95 bits per heavy atom. The summed E-state index contributed by atoms with van der Waals surface area (Å²) in [4.78, 5) is 0. The van der Waals surface area contributed by atoms with Gasteiger partial charge in [-0.25, -0.2) is 0 Å². The van der Waals surface area contributed by atoms with Crippen LogP contribution < -0.4 is 5.32 Å². The van der Waals surface area contributed by atoms with Crippen molar-refractivity contribution >= 4 is 51.7 Å². The molecule has 0 unspecified atom stereocenters. The second-order valence-corrected chi connectivity index (χ2v) is 5.49. The molecule has 4 nitrogen and oxygen atoms in total. The summed E-state index contributed by atoms with van der Waals surface area (Å²) in [5.74, 6) is 0.143. The Hall–Kier alpha value is -1.56. The van der Waals surface area contributed by atoms with Gasteiger partial charge in [-0.05, 0) is 24.3 Å². The van der Waals surface area contributed by atoms with Gasteiger partial charge in [-0.3, -0.25) is 0 Å². The number of rotatable bonds is 3. The number of fused-ring (bicyclic) bond motifs is 1. The minimum atomic E-state index is 0.143. The fraction of sp³-hybridized carbons (Fsp3) is 0.0769. The zero-order chi connectivity index (χ0) is 14.1. The van der Waals surface area contributed by atoms with Crippen LogP contribution in [0.1, 0.15) is 5.56 Å². The standard InChI is InChI=1S/C13H9Cl2N3OS/c14-8-2-1-3-11(19)7(8)6-16-12-9(15)4-5-10-13(12)18-20-17-10/h1-5,16,19H,6H2. The fourth-order valence-corrected chi connectivity index (χ4v) is 2.89. The third-order valence-electron chi connectivity index (χ3n) is 2.91. The number of hydrogen-bond acceptors (Lipinski definition) is 5. The normalized spacial score (nSPS) is 10.9. The highest BCUT2D eigenvalue weighted by Crippen LogP contribution is 2.32. The molecule has 0 atom stereocenters. The van der Waals surface area contributed by atoms with Crippen LogP contribution in [0.15, 0.2) is 30.3 Å². The minimum Gasteiger partial charge on any atom is -0.508 e. The van der Waals surface area contributed by atoms with E-state index in [0.29, 0.717) is 33.4 Å². The molecule has 0 fully saturated rings. The van der Waals surface area contributed by atoms with Gasteiger partial charge in [-0.15, -0.1) is 0 Å². The van der Waals surface area contributed by atoms with Crippen LogP contribution in [0.3, 0.4) is 0 Å². The predicted molar refractivity (Wildman–Crippen MR) is 82.9 cm³/mol. The number of nitrogens with one attached hydrogen (secondary N) is 1. The quantitative estimate of drug-likeness (QED) is 0.753. The molecule has 3 rings (SSSR count). The molecular formula is C13H9Cl2N3OS. The molecule has 1 aromatic heterocycles. The lowest BCUT2D eigenvalue weighted by molar-refractivity contribution is 0.469. The van der Waals surface area contributed by atoms with Gasteiger partial charge in [0.25, 0.3) is 0 Å². The lowest BCUT2D eigenvalue weighted by atomic mass is 10.2. The smallest absolute Gasteiger partial charge is 0.129 e. The lowest BCUT2D eigenvalue weighted by Crippen LogP contribution is -2.02.